The third kappa shape index (κ3) is 5.13. The summed E-state index contributed by atoms with van der Waals surface area (Å²) in [5.41, 5.74) is 7.47. The summed E-state index contributed by atoms with van der Waals surface area (Å²) in [5, 5.41) is 0. The van der Waals surface area contributed by atoms with Crippen LogP contribution >= 0.6 is 15.9 Å². The average Bonchev–Trinajstić information content (AvgIpc) is 2.25. The highest BCUT2D eigenvalue weighted by Gasteiger charge is 2.20. The minimum atomic E-state index is 0.504. The largest absolute Gasteiger partial charge is 0.327 e. The third-order valence-corrected chi connectivity index (χ3v) is 3.63. The molecule has 0 spiro atoms. The Kier molecular flexibility index (Phi) is 5.50. The Morgan fingerprint density at radius 2 is 2.31 bits per heavy atom. The molecule has 1 aliphatic carbocycles. The lowest BCUT2D eigenvalue weighted by molar-refractivity contribution is 0.323. The number of hydrogen-bond acceptors (Lipinski definition) is 1. The van der Waals surface area contributed by atoms with Crippen molar-refractivity contribution in [2.45, 2.75) is 39.5 Å². The zero-order valence-electron chi connectivity index (χ0n) is 10.3. The van der Waals surface area contributed by atoms with Crippen molar-refractivity contribution < 1.29 is 0 Å². The fraction of sp³-hybridized carbons (Fsp3) is 0.571. The number of halogens is 1. The summed E-state index contributed by atoms with van der Waals surface area (Å²) >= 11 is 3.52. The molecule has 1 rings (SSSR count). The monoisotopic (exact) mass is 283 g/mol. The molecular formula is C14H22BrN. The molecule has 0 aromatic carbocycles. The van der Waals surface area contributed by atoms with Crippen LogP contribution in [0.5, 0.6) is 0 Å². The molecule has 16 heavy (non-hydrogen) atoms. The van der Waals surface area contributed by atoms with E-state index in [4.69, 9.17) is 5.73 Å². The number of rotatable bonds is 4. The van der Waals surface area contributed by atoms with Gasteiger partial charge in [-0.25, -0.2) is 0 Å². The van der Waals surface area contributed by atoms with E-state index in [1.54, 1.807) is 5.57 Å². The molecule has 0 saturated heterocycles. The molecule has 0 aliphatic heterocycles. The average molecular weight is 284 g/mol. The lowest BCUT2D eigenvalue weighted by Gasteiger charge is -2.28. The van der Waals surface area contributed by atoms with Gasteiger partial charge in [-0.1, -0.05) is 59.7 Å². The van der Waals surface area contributed by atoms with E-state index in [0.29, 0.717) is 12.0 Å². The minimum Gasteiger partial charge on any atom is -0.327 e. The van der Waals surface area contributed by atoms with Crippen molar-refractivity contribution >= 4 is 15.9 Å². The number of allylic oxidation sites excluding steroid dienone is 5. The van der Waals surface area contributed by atoms with Crippen LogP contribution < -0.4 is 5.73 Å². The highest BCUT2D eigenvalue weighted by Crippen LogP contribution is 2.35. The minimum absolute atomic E-state index is 0.504. The van der Waals surface area contributed by atoms with Gasteiger partial charge in [-0.3, -0.25) is 0 Å². The van der Waals surface area contributed by atoms with Crippen molar-refractivity contribution in [1.82, 2.24) is 0 Å². The van der Waals surface area contributed by atoms with Gasteiger partial charge in [0.15, 0.2) is 0 Å². The van der Waals surface area contributed by atoms with E-state index >= 15 is 0 Å². The number of nitrogens with two attached hydrogens (primary N) is 1. The predicted molar refractivity (Wildman–Crippen MR) is 75.5 cm³/mol. The normalized spacial score (nSPS) is 21.2. The van der Waals surface area contributed by atoms with Crippen LogP contribution in [0.25, 0.3) is 0 Å². The van der Waals surface area contributed by atoms with E-state index in [1.807, 2.05) is 12.2 Å². The van der Waals surface area contributed by atoms with Crippen LogP contribution in [0.1, 0.15) is 39.5 Å². The smallest absolute Gasteiger partial charge is 0.0135 e. The first kappa shape index (κ1) is 13.7. The maximum atomic E-state index is 5.40. The maximum absolute atomic E-state index is 5.40. The van der Waals surface area contributed by atoms with Crippen LogP contribution in [0, 0.1) is 5.41 Å². The molecule has 0 atom stereocenters. The Balaban J connectivity index is 2.45. The van der Waals surface area contributed by atoms with Crippen LogP contribution in [0.2, 0.25) is 0 Å². The van der Waals surface area contributed by atoms with Gasteiger partial charge in [0.25, 0.3) is 0 Å². The van der Waals surface area contributed by atoms with E-state index in [0.717, 1.165) is 10.9 Å². The quantitative estimate of drug-likeness (QED) is 0.604. The van der Waals surface area contributed by atoms with Gasteiger partial charge in [0.1, 0.15) is 0 Å². The van der Waals surface area contributed by atoms with Crippen molar-refractivity contribution in [2.24, 2.45) is 11.1 Å². The summed E-state index contributed by atoms with van der Waals surface area (Å²) in [6.45, 7) is 5.28. The standard InChI is InChI=1S/C14H22BrN/c1-14(2)9-7-12(8-10-14)5-6-13(15)4-3-11-16/h3-4,6-7H,5,8-11,16H2,1-2H3/b4-3-,13-6+. The lowest BCUT2D eigenvalue weighted by Crippen LogP contribution is -2.14. The molecule has 0 heterocycles. The van der Waals surface area contributed by atoms with E-state index in [2.05, 4.69) is 41.9 Å². The van der Waals surface area contributed by atoms with Crippen molar-refractivity contribution in [3.63, 3.8) is 0 Å². The molecule has 0 aromatic heterocycles. The third-order valence-electron chi connectivity index (χ3n) is 3.04. The molecule has 1 nitrogen and oxygen atoms in total. The molecule has 0 aromatic rings. The molecule has 0 bridgehead atoms. The van der Waals surface area contributed by atoms with Gasteiger partial charge in [-0.2, -0.15) is 0 Å². The summed E-state index contributed by atoms with van der Waals surface area (Å²) < 4.78 is 1.13. The second kappa shape index (κ2) is 6.41. The molecular weight excluding hydrogens is 262 g/mol. The maximum Gasteiger partial charge on any atom is 0.0135 e. The second-order valence-corrected chi connectivity index (χ2v) is 6.08. The zero-order valence-corrected chi connectivity index (χ0v) is 11.9. The van der Waals surface area contributed by atoms with Crippen LogP contribution in [0.4, 0.5) is 0 Å². The molecule has 1 aliphatic rings. The Hall–Kier alpha value is -0.340. The molecule has 2 N–H and O–H groups in total. The molecule has 0 amide bonds. The fourth-order valence-electron chi connectivity index (χ4n) is 1.79. The van der Waals surface area contributed by atoms with Gasteiger partial charge in [0, 0.05) is 11.0 Å². The van der Waals surface area contributed by atoms with E-state index < -0.39 is 0 Å². The first-order chi connectivity index (χ1) is 7.53. The van der Waals surface area contributed by atoms with E-state index in [1.165, 1.54) is 19.3 Å². The van der Waals surface area contributed by atoms with Gasteiger partial charge >= 0.3 is 0 Å². The highest BCUT2D eigenvalue weighted by molar-refractivity contribution is 9.11. The summed E-state index contributed by atoms with van der Waals surface area (Å²) in [5.74, 6) is 0. The van der Waals surface area contributed by atoms with Crippen LogP contribution in [-0.4, -0.2) is 6.54 Å². The van der Waals surface area contributed by atoms with Crippen LogP contribution in [0.15, 0.2) is 34.4 Å². The van der Waals surface area contributed by atoms with Crippen molar-refractivity contribution in [3.8, 4) is 0 Å². The topological polar surface area (TPSA) is 26.0 Å². The molecule has 0 radical (unpaired) electrons. The van der Waals surface area contributed by atoms with Gasteiger partial charge in [-0.05, 0) is 31.1 Å². The predicted octanol–water partition coefficient (Wildman–Crippen LogP) is 4.31. The molecule has 0 fully saturated rings. The van der Waals surface area contributed by atoms with E-state index in [9.17, 15) is 0 Å². The molecule has 90 valence electrons. The summed E-state index contributed by atoms with van der Waals surface area (Å²) in [6.07, 6.45) is 13.4. The first-order valence-corrected chi connectivity index (χ1v) is 6.73. The summed E-state index contributed by atoms with van der Waals surface area (Å²) in [7, 11) is 0. The molecule has 0 saturated carbocycles. The summed E-state index contributed by atoms with van der Waals surface area (Å²) in [6, 6.07) is 0. The SMILES string of the molecule is CC1(C)CC=C(C/C=C(Br)\C=C/CN)CC1. The Bertz CT molecular complexity index is 311. The Labute approximate surface area is 108 Å². The van der Waals surface area contributed by atoms with Crippen molar-refractivity contribution in [2.75, 3.05) is 6.54 Å². The number of hydrogen-bond donors (Lipinski definition) is 1. The molecule has 0 unspecified atom stereocenters. The van der Waals surface area contributed by atoms with Gasteiger partial charge in [-0.15, -0.1) is 0 Å². The van der Waals surface area contributed by atoms with Crippen LogP contribution in [0.3, 0.4) is 0 Å². The van der Waals surface area contributed by atoms with Crippen molar-refractivity contribution in [3.05, 3.63) is 34.4 Å². The second-order valence-electron chi connectivity index (χ2n) is 5.16. The Morgan fingerprint density at radius 3 is 2.88 bits per heavy atom. The zero-order chi connectivity index (χ0) is 12.0. The van der Waals surface area contributed by atoms with Gasteiger partial charge in [0.05, 0.1) is 0 Å². The van der Waals surface area contributed by atoms with Gasteiger partial charge in [0.2, 0.25) is 0 Å². The Morgan fingerprint density at radius 1 is 1.56 bits per heavy atom. The summed E-state index contributed by atoms with van der Waals surface area (Å²) in [4.78, 5) is 0. The fourth-order valence-corrected chi connectivity index (χ4v) is 2.14. The van der Waals surface area contributed by atoms with Crippen LogP contribution in [-0.2, 0) is 0 Å². The van der Waals surface area contributed by atoms with Gasteiger partial charge < -0.3 is 5.73 Å². The molecule has 2 heteroatoms. The first-order valence-electron chi connectivity index (χ1n) is 5.94. The van der Waals surface area contributed by atoms with E-state index in [-0.39, 0.29) is 0 Å². The highest BCUT2D eigenvalue weighted by atomic mass is 79.9. The van der Waals surface area contributed by atoms with Crippen molar-refractivity contribution in [1.29, 1.82) is 0 Å². The lowest BCUT2D eigenvalue weighted by atomic mass is 9.78.